The number of hydrogen-bond acceptors (Lipinski definition) is 6. The second-order valence-electron chi connectivity index (χ2n) is 8.95. The molecule has 1 aromatic carbocycles. The number of aromatic nitrogens is 2. The molecular formula is C24H33N5O2. The molecule has 2 aromatic rings. The van der Waals surface area contributed by atoms with E-state index in [2.05, 4.69) is 27.1 Å². The summed E-state index contributed by atoms with van der Waals surface area (Å²) in [5.74, 6) is 3.37. The molecular weight excluding hydrogens is 390 g/mol. The molecule has 1 saturated carbocycles. The quantitative estimate of drug-likeness (QED) is 0.743. The van der Waals surface area contributed by atoms with E-state index in [4.69, 9.17) is 10.5 Å². The first-order chi connectivity index (χ1) is 15.0. The van der Waals surface area contributed by atoms with Gasteiger partial charge >= 0.3 is 0 Å². The number of carbonyl (C=O) groups is 1. The van der Waals surface area contributed by atoms with E-state index in [9.17, 15) is 4.79 Å². The van der Waals surface area contributed by atoms with E-state index >= 15 is 0 Å². The van der Waals surface area contributed by atoms with Crippen LogP contribution in [0.25, 0.3) is 0 Å². The number of nitrogens with one attached hydrogen (secondary N) is 1. The van der Waals surface area contributed by atoms with Crippen LogP contribution in [0.4, 0.5) is 17.5 Å². The second kappa shape index (κ2) is 9.54. The monoisotopic (exact) mass is 423 g/mol. The molecule has 2 heterocycles. The molecule has 7 nitrogen and oxygen atoms in total. The number of rotatable bonds is 5. The maximum Gasteiger partial charge on any atom is 0.229 e. The first-order valence-electron chi connectivity index (χ1n) is 11.4. The molecule has 1 saturated heterocycles. The summed E-state index contributed by atoms with van der Waals surface area (Å²) >= 11 is 0. The van der Waals surface area contributed by atoms with Crippen molar-refractivity contribution in [3.63, 3.8) is 0 Å². The zero-order chi connectivity index (χ0) is 21.8. The average Bonchev–Trinajstić information content (AvgIpc) is 2.79. The fraction of sp³-hybridized carbons (Fsp3) is 0.542. The van der Waals surface area contributed by atoms with Crippen LogP contribution in [0, 0.1) is 11.8 Å². The predicted octanol–water partition coefficient (Wildman–Crippen LogP) is 4.34. The summed E-state index contributed by atoms with van der Waals surface area (Å²) in [4.78, 5) is 23.9. The maximum atomic E-state index is 12.9. The molecule has 3 N–H and O–H groups in total. The average molecular weight is 424 g/mol. The smallest absolute Gasteiger partial charge is 0.229 e. The van der Waals surface area contributed by atoms with Crippen LogP contribution in [0.1, 0.15) is 56.9 Å². The molecule has 7 heteroatoms. The van der Waals surface area contributed by atoms with E-state index in [1.807, 2.05) is 30.5 Å². The fourth-order valence-electron chi connectivity index (χ4n) is 4.79. The van der Waals surface area contributed by atoms with Crippen LogP contribution in [-0.4, -0.2) is 41.0 Å². The molecule has 0 bridgehead atoms. The third-order valence-electron chi connectivity index (χ3n) is 6.79. The number of amides is 1. The Morgan fingerprint density at radius 2 is 1.90 bits per heavy atom. The largest absolute Gasteiger partial charge is 0.497 e. The lowest BCUT2D eigenvalue weighted by atomic mass is 9.81. The van der Waals surface area contributed by atoms with Crippen molar-refractivity contribution in [2.24, 2.45) is 11.8 Å². The highest BCUT2D eigenvalue weighted by molar-refractivity contribution is 5.79. The van der Waals surface area contributed by atoms with E-state index in [0.29, 0.717) is 23.6 Å². The summed E-state index contributed by atoms with van der Waals surface area (Å²) < 4.78 is 5.25. The van der Waals surface area contributed by atoms with Gasteiger partial charge in [0.2, 0.25) is 11.9 Å². The first-order valence-corrected chi connectivity index (χ1v) is 11.4. The summed E-state index contributed by atoms with van der Waals surface area (Å²) in [6, 6.07) is 7.60. The van der Waals surface area contributed by atoms with Gasteiger partial charge in [0.1, 0.15) is 11.6 Å². The molecule has 1 aliphatic heterocycles. The van der Waals surface area contributed by atoms with Gasteiger partial charge in [-0.25, -0.2) is 4.98 Å². The van der Waals surface area contributed by atoms with Gasteiger partial charge in [0.25, 0.3) is 0 Å². The number of nitrogen functional groups attached to an aromatic ring is 1. The van der Waals surface area contributed by atoms with Crippen LogP contribution in [0.15, 0.2) is 30.5 Å². The number of piperidine rings is 1. The minimum Gasteiger partial charge on any atom is -0.497 e. The Bertz CT molecular complexity index is 903. The van der Waals surface area contributed by atoms with E-state index in [1.54, 1.807) is 7.11 Å². The SMILES string of the molecule is COc1cccc(Nc2ncc(C3CCN(C(=O)[C@H]4CC[C@H](C)CC4)CC3)c(N)n2)c1. The first kappa shape index (κ1) is 21.4. The molecule has 31 heavy (non-hydrogen) atoms. The van der Waals surface area contributed by atoms with Crippen LogP contribution in [0.2, 0.25) is 0 Å². The number of nitrogens with two attached hydrogens (primary N) is 1. The van der Waals surface area contributed by atoms with Crippen molar-refractivity contribution >= 4 is 23.4 Å². The van der Waals surface area contributed by atoms with Crippen molar-refractivity contribution in [1.29, 1.82) is 0 Å². The maximum absolute atomic E-state index is 12.9. The van der Waals surface area contributed by atoms with Gasteiger partial charge < -0.3 is 20.7 Å². The zero-order valence-corrected chi connectivity index (χ0v) is 18.5. The number of benzene rings is 1. The van der Waals surface area contributed by atoms with Gasteiger partial charge in [-0.05, 0) is 62.5 Å². The van der Waals surface area contributed by atoms with Crippen LogP contribution >= 0.6 is 0 Å². The van der Waals surface area contributed by atoms with Gasteiger partial charge in [0, 0.05) is 42.5 Å². The Labute approximate surface area is 184 Å². The van der Waals surface area contributed by atoms with E-state index in [-0.39, 0.29) is 5.92 Å². The Balaban J connectivity index is 1.34. The van der Waals surface area contributed by atoms with Crippen molar-refractivity contribution in [2.75, 3.05) is 31.2 Å². The lowest BCUT2D eigenvalue weighted by Crippen LogP contribution is -2.42. The van der Waals surface area contributed by atoms with Gasteiger partial charge in [-0.15, -0.1) is 0 Å². The molecule has 2 fully saturated rings. The number of carbonyl (C=O) groups excluding carboxylic acids is 1. The molecule has 1 aromatic heterocycles. The van der Waals surface area contributed by atoms with Crippen molar-refractivity contribution < 1.29 is 9.53 Å². The Morgan fingerprint density at radius 3 is 2.58 bits per heavy atom. The van der Waals surface area contributed by atoms with Gasteiger partial charge in [-0.1, -0.05) is 13.0 Å². The highest BCUT2D eigenvalue weighted by atomic mass is 16.5. The van der Waals surface area contributed by atoms with Crippen molar-refractivity contribution in [3.05, 3.63) is 36.0 Å². The van der Waals surface area contributed by atoms with Crippen molar-refractivity contribution in [1.82, 2.24) is 14.9 Å². The van der Waals surface area contributed by atoms with Crippen molar-refractivity contribution in [2.45, 2.75) is 51.4 Å². The highest BCUT2D eigenvalue weighted by Gasteiger charge is 2.31. The lowest BCUT2D eigenvalue weighted by Gasteiger charge is -2.36. The molecule has 0 spiro atoms. The number of ether oxygens (including phenoxy) is 1. The summed E-state index contributed by atoms with van der Waals surface area (Å²) in [7, 11) is 1.64. The van der Waals surface area contributed by atoms with Gasteiger partial charge in [0.05, 0.1) is 7.11 Å². The molecule has 1 amide bonds. The molecule has 0 unspecified atom stereocenters. The lowest BCUT2D eigenvalue weighted by molar-refractivity contribution is -0.137. The number of anilines is 3. The molecule has 166 valence electrons. The van der Waals surface area contributed by atoms with Gasteiger partial charge in [-0.2, -0.15) is 4.98 Å². The highest BCUT2D eigenvalue weighted by Crippen LogP contribution is 2.34. The van der Waals surface area contributed by atoms with Crippen LogP contribution in [-0.2, 0) is 4.79 Å². The minimum atomic E-state index is 0.225. The number of nitrogens with zero attached hydrogens (tertiary/aromatic N) is 3. The van der Waals surface area contributed by atoms with Gasteiger partial charge in [-0.3, -0.25) is 4.79 Å². The molecule has 4 rings (SSSR count). The molecule has 0 atom stereocenters. The van der Waals surface area contributed by atoms with Crippen LogP contribution < -0.4 is 15.8 Å². The number of hydrogen-bond donors (Lipinski definition) is 2. The predicted molar refractivity (Wildman–Crippen MR) is 122 cm³/mol. The number of methoxy groups -OCH3 is 1. The van der Waals surface area contributed by atoms with Gasteiger partial charge in [0.15, 0.2) is 0 Å². The molecule has 0 radical (unpaired) electrons. The second-order valence-corrected chi connectivity index (χ2v) is 8.95. The van der Waals surface area contributed by atoms with E-state index in [0.717, 1.165) is 61.7 Å². The summed E-state index contributed by atoms with van der Waals surface area (Å²) in [6.07, 6.45) is 8.09. The summed E-state index contributed by atoms with van der Waals surface area (Å²) in [5, 5.41) is 3.18. The fourth-order valence-corrected chi connectivity index (χ4v) is 4.79. The van der Waals surface area contributed by atoms with E-state index in [1.165, 1.54) is 12.8 Å². The standard InChI is InChI=1S/C24H33N5O2/c1-16-6-8-18(9-7-16)23(30)29-12-10-17(11-13-29)21-15-26-24(28-22(21)25)27-19-4-3-5-20(14-19)31-2/h3-5,14-18H,6-13H2,1-2H3,(H3,25,26,27,28)/t16-,18-. The molecule has 2 aliphatic rings. The van der Waals surface area contributed by atoms with Crippen LogP contribution in [0.3, 0.4) is 0 Å². The van der Waals surface area contributed by atoms with E-state index < -0.39 is 0 Å². The number of likely N-dealkylation sites (tertiary alicyclic amines) is 1. The summed E-state index contributed by atoms with van der Waals surface area (Å²) in [5.41, 5.74) is 8.11. The minimum absolute atomic E-state index is 0.225. The summed E-state index contributed by atoms with van der Waals surface area (Å²) in [6.45, 7) is 3.87. The zero-order valence-electron chi connectivity index (χ0n) is 18.5. The Hall–Kier alpha value is -2.83. The normalized spacial score (nSPS) is 22.2. The van der Waals surface area contributed by atoms with Crippen molar-refractivity contribution in [3.8, 4) is 5.75 Å². The molecule has 1 aliphatic carbocycles. The topological polar surface area (TPSA) is 93.4 Å². The third-order valence-corrected chi connectivity index (χ3v) is 6.79. The Kier molecular flexibility index (Phi) is 6.59. The Morgan fingerprint density at radius 1 is 1.16 bits per heavy atom. The van der Waals surface area contributed by atoms with Crippen LogP contribution in [0.5, 0.6) is 5.75 Å². The third kappa shape index (κ3) is 5.09.